The Kier molecular flexibility index (Phi) is 6.23. The van der Waals surface area contributed by atoms with Crippen molar-refractivity contribution in [2.24, 2.45) is 0 Å². The van der Waals surface area contributed by atoms with Crippen LogP contribution in [0, 0.1) is 0 Å². The highest BCUT2D eigenvalue weighted by atomic mass is 16.2. The molecule has 0 saturated heterocycles. The van der Waals surface area contributed by atoms with Gasteiger partial charge in [-0.05, 0) is 44.5 Å². The summed E-state index contributed by atoms with van der Waals surface area (Å²) in [5.74, 6) is 0. The second kappa shape index (κ2) is 7.46. The van der Waals surface area contributed by atoms with Crippen molar-refractivity contribution in [2.45, 2.75) is 38.6 Å². The third-order valence-corrected chi connectivity index (χ3v) is 3.16. The van der Waals surface area contributed by atoms with E-state index >= 15 is 0 Å². The molecule has 0 fully saturated rings. The smallest absolute Gasteiger partial charge is 0.0431 e. The predicted octanol–water partition coefficient (Wildman–Crippen LogP) is 3.01. The molecule has 0 bridgehead atoms. The van der Waals surface area contributed by atoms with Crippen molar-refractivity contribution in [2.75, 3.05) is 20.7 Å². The summed E-state index contributed by atoms with van der Waals surface area (Å²) < 4.78 is 0. The van der Waals surface area contributed by atoms with Crippen LogP contribution in [-0.2, 0) is 6.42 Å². The summed E-state index contributed by atoms with van der Waals surface area (Å²) in [4.78, 5) is 2.23. The maximum atomic E-state index is 8.94. The standard InChI is InChI=1S/C15H25NO/c1-4-6-13-8-10-14(11-9-13)15(16(2)3)7-5-12-17/h8-11,15,17H,4-7,12H2,1-3H3. The van der Waals surface area contributed by atoms with E-state index in [0.717, 1.165) is 19.3 Å². The molecule has 0 heterocycles. The van der Waals surface area contributed by atoms with Gasteiger partial charge in [0.05, 0.1) is 0 Å². The molecule has 1 aromatic carbocycles. The molecule has 0 aliphatic heterocycles. The summed E-state index contributed by atoms with van der Waals surface area (Å²) in [6.07, 6.45) is 4.22. The number of rotatable bonds is 7. The third kappa shape index (κ3) is 4.49. The Balaban J connectivity index is 2.72. The van der Waals surface area contributed by atoms with Crippen LogP contribution in [0.1, 0.15) is 43.4 Å². The summed E-state index contributed by atoms with van der Waals surface area (Å²) in [7, 11) is 4.20. The molecule has 0 saturated carbocycles. The van der Waals surface area contributed by atoms with E-state index in [1.165, 1.54) is 17.5 Å². The van der Waals surface area contributed by atoms with Crippen LogP contribution in [0.4, 0.5) is 0 Å². The lowest BCUT2D eigenvalue weighted by Gasteiger charge is -2.24. The first kappa shape index (κ1) is 14.2. The first-order valence-corrected chi connectivity index (χ1v) is 6.55. The largest absolute Gasteiger partial charge is 0.396 e. The van der Waals surface area contributed by atoms with Gasteiger partial charge in [0.15, 0.2) is 0 Å². The van der Waals surface area contributed by atoms with Gasteiger partial charge in [0, 0.05) is 12.6 Å². The number of hydrogen-bond acceptors (Lipinski definition) is 2. The Bertz CT molecular complexity index is 305. The normalized spacial score (nSPS) is 13.0. The number of aliphatic hydroxyl groups is 1. The Labute approximate surface area is 105 Å². The molecule has 1 rings (SSSR count). The van der Waals surface area contributed by atoms with Crippen LogP contribution in [0.25, 0.3) is 0 Å². The first-order chi connectivity index (χ1) is 8.19. The van der Waals surface area contributed by atoms with Crippen molar-refractivity contribution < 1.29 is 5.11 Å². The topological polar surface area (TPSA) is 23.5 Å². The second-order valence-electron chi connectivity index (χ2n) is 4.84. The van der Waals surface area contributed by atoms with Gasteiger partial charge >= 0.3 is 0 Å². The maximum Gasteiger partial charge on any atom is 0.0431 e. The fraction of sp³-hybridized carbons (Fsp3) is 0.600. The molecule has 1 aromatic rings. The highest BCUT2D eigenvalue weighted by Gasteiger charge is 2.13. The lowest BCUT2D eigenvalue weighted by molar-refractivity contribution is 0.235. The summed E-state index contributed by atoms with van der Waals surface area (Å²) in [6, 6.07) is 9.33. The fourth-order valence-electron chi connectivity index (χ4n) is 2.20. The van der Waals surface area contributed by atoms with Gasteiger partial charge in [0.25, 0.3) is 0 Å². The maximum absolute atomic E-state index is 8.94. The van der Waals surface area contributed by atoms with E-state index in [2.05, 4.69) is 50.2 Å². The van der Waals surface area contributed by atoms with E-state index in [1.807, 2.05) is 0 Å². The zero-order chi connectivity index (χ0) is 12.7. The lowest BCUT2D eigenvalue weighted by Crippen LogP contribution is -2.20. The van der Waals surface area contributed by atoms with E-state index < -0.39 is 0 Å². The highest BCUT2D eigenvalue weighted by Crippen LogP contribution is 2.23. The fourth-order valence-corrected chi connectivity index (χ4v) is 2.20. The van der Waals surface area contributed by atoms with Crippen molar-refractivity contribution in [1.82, 2.24) is 4.90 Å². The van der Waals surface area contributed by atoms with Gasteiger partial charge in [-0.15, -0.1) is 0 Å². The zero-order valence-electron chi connectivity index (χ0n) is 11.3. The molecule has 0 aliphatic carbocycles. The van der Waals surface area contributed by atoms with Crippen molar-refractivity contribution in [3.05, 3.63) is 35.4 Å². The van der Waals surface area contributed by atoms with Gasteiger partial charge < -0.3 is 10.0 Å². The van der Waals surface area contributed by atoms with Crippen LogP contribution in [-0.4, -0.2) is 30.7 Å². The minimum Gasteiger partial charge on any atom is -0.396 e. The van der Waals surface area contributed by atoms with Gasteiger partial charge in [0.1, 0.15) is 0 Å². The van der Waals surface area contributed by atoms with E-state index in [9.17, 15) is 0 Å². The average Bonchev–Trinajstić information content (AvgIpc) is 2.31. The highest BCUT2D eigenvalue weighted by molar-refractivity contribution is 5.25. The van der Waals surface area contributed by atoms with Gasteiger partial charge in [0.2, 0.25) is 0 Å². The molecule has 0 radical (unpaired) electrons. The van der Waals surface area contributed by atoms with Gasteiger partial charge in [-0.25, -0.2) is 0 Å². The molecule has 1 unspecified atom stereocenters. The Hall–Kier alpha value is -0.860. The van der Waals surface area contributed by atoms with Crippen LogP contribution in [0.3, 0.4) is 0 Å². The Morgan fingerprint density at radius 1 is 1.18 bits per heavy atom. The van der Waals surface area contributed by atoms with Gasteiger partial charge in [-0.2, -0.15) is 0 Å². The Morgan fingerprint density at radius 3 is 2.29 bits per heavy atom. The third-order valence-electron chi connectivity index (χ3n) is 3.16. The summed E-state index contributed by atoms with van der Waals surface area (Å²) in [5, 5.41) is 8.94. The molecule has 2 heteroatoms. The van der Waals surface area contributed by atoms with Crippen molar-refractivity contribution in [1.29, 1.82) is 0 Å². The molecular formula is C15H25NO. The summed E-state index contributed by atoms with van der Waals surface area (Å²) in [6.45, 7) is 2.48. The van der Waals surface area contributed by atoms with Crippen LogP contribution >= 0.6 is 0 Å². The number of hydrogen-bond donors (Lipinski definition) is 1. The first-order valence-electron chi connectivity index (χ1n) is 6.55. The Morgan fingerprint density at radius 2 is 1.82 bits per heavy atom. The number of aliphatic hydroxyl groups excluding tert-OH is 1. The van der Waals surface area contributed by atoms with E-state index in [4.69, 9.17) is 5.11 Å². The zero-order valence-corrected chi connectivity index (χ0v) is 11.3. The van der Waals surface area contributed by atoms with Gasteiger partial charge in [-0.3, -0.25) is 0 Å². The lowest BCUT2D eigenvalue weighted by atomic mass is 9.99. The van der Waals surface area contributed by atoms with E-state index in [1.54, 1.807) is 0 Å². The molecule has 0 amide bonds. The quantitative estimate of drug-likeness (QED) is 0.785. The summed E-state index contributed by atoms with van der Waals surface area (Å²) >= 11 is 0. The molecular weight excluding hydrogens is 210 g/mol. The molecule has 1 N–H and O–H groups in total. The van der Waals surface area contributed by atoms with Crippen LogP contribution < -0.4 is 0 Å². The minimum absolute atomic E-state index is 0.276. The molecule has 17 heavy (non-hydrogen) atoms. The average molecular weight is 235 g/mol. The summed E-state index contributed by atoms with van der Waals surface area (Å²) in [5.41, 5.74) is 2.76. The SMILES string of the molecule is CCCc1ccc(C(CCCO)N(C)C)cc1. The molecule has 2 nitrogen and oxygen atoms in total. The van der Waals surface area contributed by atoms with Crippen molar-refractivity contribution in [3.63, 3.8) is 0 Å². The molecule has 0 aromatic heterocycles. The monoisotopic (exact) mass is 235 g/mol. The van der Waals surface area contributed by atoms with Crippen LogP contribution in [0.2, 0.25) is 0 Å². The number of benzene rings is 1. The predicted molar refractivity (Wildman–Crippen MR) is 73.2 cm³/mol. The van der Waals surface area contributed by atoms with Crippen LogP contribution in [0.15, 0.2) is 24.3 Å². The second-order valence-corrected chi connectivity index (χ2v) is 4.84. The molecule has 1 atom stereocenters. The molecule has 96 valence electrons. The van der Waals surface area contributed by atoms with Gasteiger partial charge in [-0.1, -0.05) is 37.6 Å². The molecule has 0 spiro atoms. The minimum atomic E-state index is 0.276. The van der Waals surface area contributed by atoms with E-state index in [0.29, 0.717) is 6.04 Å². The van der Waals surface area contributed by atoms with Crippen molar-refractivity contribution >= 4 is 0 Å². The van der Waals surface area contributed by atoms with E-state index in [-0.39, 0.29) is 6.61 Å². The van der Waals surface area contributed by atoms with Crippen LogP contribution in [0.5, 0.6) is 0 Å². The van der Waals surface area contributed by atoms with Crippen molar-refractivity contribution in [3.8, 4) is 0 Å². The molecule has 0 aliphatic rings. The number of nitrogens with zero attached hydrogens (tertiary/aromatic N) is 1. The number of aryl methyl sites for hydroxylation is 1.